The van der Waals surface area contributed by atoms with Crippen LogP contribution in [0.3, 0.4) is 0 Å². The second-order valence-electron chi connectivity index (χ2n) is 8.37. The van der Waals surface area contributed by atoms with Gasteiger partial charge in [0.2, 0.25) is 0 Å². The molecule has 8 heteroatoms. The number of anilines is 2. The van der Waals surface area contributed by atoms with Crippen LogP contribution < -0.4 is 15.1 Å². The molecule has 1 N–H and O–H groups in total. The second kappa shape index (κ2) is 7.60. The van der Waals surface area contributed by atoms with Crippen molar-refractivity contribution in [2.24, 2.45) is 0 Å². The van der Waals surface area contributed by atoms with Crippen molar-refractivity contribution in [3.05, 3.63) is 70.0 Å². The van der Waals surface area contributed by atoms with Gasteiger partial charge in [0.25, 0.3) is 11.8 Å². The van der Waals surface area contributed by atoms with E-state index in [2.05, 4.69) is 11.4 Å². The maximum absolute atomic E-state index is 15.1. The van der Waals surface area contributed by atoms with E-state index in [-0.39, 0.29) is 22.4 Å². The fourth-order valence-corrected chi connectivity index (χ4v) is 4.06. The molecule has 4 rings (SSSR count). The smallest absolute Gasteiger partial charge is 0.335 e. The minimum atomic E-state index is -0.882. The van der Waals surface area contributed by atoms with Gasteiger partial charge in [0.05, 0.1) is 11.2 Å². The van der Waals surface area contributed by atoms with E-state index < -0.39 is 23.7 Å². The molecule has 2 aliphatic rings. The first kappa shape index (κ1) is 21.8. The first-order valence-electron chi connectivity index (χ1n) is 9.94. The molecule has 2 aliphatic heterocycles. The Morgan fingerprint density at radius 2 is 1.75 bits per heavy atom. The summed E-state index contributed by atoms with van der Waals surface area (Å²) in [7, 11) is 1.88. The van der Waals surface area contributed by atoms with Crippen LogP contribution >= 0.6 is 11.6 Å². The monoisotopic (exact) mass is 453 g/mol. The Bertz CT molecular complexity index is 1230. The van der Waals surface area contributed by atoms with Crippen LogP contribution in [0.15, 0.2) is 48.0 Å². The molecular formula is C24H21ClFN3O3. The number of carbonyl (C=O) groups excluding carboxylic acids is 3. The van der Waals surface area contributed by atoms with E-state index in [0.717, 1.165) is 16.0 Å². The highest BCUT2D eigenvalue weighted by Gasteiger charge is 2.37. The highest BCUT2D eigenvalue weighted by molar-refractivity contribution is 6.39. The number of fused-ring (bicyclic) bond motifs is 1. The molecular weight excluding hydrogens is 433 g/mol. The number of urea groups is 1. The number of carbonyl (C=O) groups is 3. The Labute approximate surface area is 189 Å². The molecule has 1 saturated heterocycles. The second-order valence-corrected chi connectivity index (χ2v) is 8.80. The van der Waals surface area contributed by atoms with Crippen molar-refractivity contribution in [3.63, 3.8) is 0 Å². The molecule has 0 aliphatic carbocycles. The maximum atomic E-state index is 15.1. The third-order valence-corrected chi connectivity index (χ3v) is 6.07. The van der Waals surface area contributed by atoms with Gasteiger partial charge in [0, 0.05) is 28.9 Å². The molecule has 0 aromatic heterocycles. The Hall–Kier alpha value is -3.45. The lowest BCUT2D eigenvalue weighted by Gasteiger charge is -2.40. The van der Waals surface area contributed by atoms with Crippen LogP contribution in [0.5, 0.6) is 0 Å². The molecule has 0 spiro atoms. The number of likely N-dealkylation sites (N-methyl/N-ethyl adjacent to an activating group) is 1. The van der Waals surface area contributed by atoms with Gasteiger partial charge in [-0.3, -0.25) is 14.9 Å². The van der Waals surface area contributed by atoms with E-state index in [1.165, 1.54) is 36.4 Å². The van der Waals surface area contributed by atoms with Crippen molar-refractivity contribution in [1.82, 2.24) is 5.32 Å². The molecule has 2 heterocycles. The summed E-state index contributed by atoms with van der Waals surface area (Å²) in [5, 5.41) is 2.56. The molecule has 1 fully saturated rings. The number of rotatable bonds is 2. The van der Waals surface area contributed by atoms with E-state index in [1.807, 2.05) is 32.7 Å². The molecule has 6 nitrogen and oxygen atoms in total. The number of hydrogen-bond acceptors (Lipinski definition) is 4. The van der Waals surface area contributed by atoms with Crippen molar-refractivity contribution >= 4 is 52.5 Å². The van der Waals surface area contributed by atoms with Gasteiger partial charge in [0.1, 0.15) is 11.4 Å². The van der Waals surface area contributed by atoms with Crippen LogP contribution in [0.4, 0.5) is 20.6 Å². The van der Waals surface area contributed by atoms with Crippen LogP contribution in [0, 0.1) is 5.82 Å². The van der Waals surface area contributed by atoms with E-state index >= 15 is 4.39 Å². The summed E-state index contributed by atoms with van der Waals surface area (Å²) in [6, 6.07) is 8.14. The lowest BCUT2D eigenvalue weighted by molar-refractivity contribution is -0.122. The quantitative estimate of drug-likeness (QED) is 0.525. The number of nitrogens with one attached hydrogen (secondary N) is 1. The van der Waals surface area contributed by atoms with Crippen LogP contribution in [0.1, 0.15) is 31.9 Å². The lowest BCUT2D eigenvalue weighted by Crippen LogP contribution is -2.54. The number of halogens is 2. The average molecular weight is 454 g/mol. The van der Waals surface area contributed by atoms with E-state index in [4.69, 9.17) is 11.6 Å². The topological polar surface area (TPSA) is 69.7 Å². The van der Waals surface area contributed by atoms with Crippen molar-refractivity contribution in [2.45, 2.75) is 26.3 Å². The third kappa shape index (κ3) is 3.58. The fourth-order valence-electron chi connectivity index (χ4n) is 3.94. The molecule has 32 heavy (non-hydrogen) atoms. The van der Waals surface area contributed by atoms with Crippen LogP contribution in [-0.2, 0) is 9.59 Å². The summed E-state index contributed by atoms with van der Waals surface area (Å²) in [6.07, 6.45) is 3.25. The van der Waals surface area contributed by atoms with Crippen LogP contribution in [0.25, 0.3) is 11.6 Å². The van der Waals surface area contributed by atoms with E-state index in [0.29, 0.717) is 10.7 Å². The number of benzene rings is 2. The average Bonchev–Trinajstić information content (AvgIpc) is 2.71. The molecule has 164 valence electrons. The van der Waals surface area contributed by atoms with Crippen molar-refractivity contribution in [3.8, 4) is 0 Å². The molecule has 2 aromatic carbocycles. The maximum Gasteiger partial charge on any atom is 0.335 e. The Morgan fingerprint density at radius 1 is 1.09 bits per heavy atom. The molecule has 0 bridgehead atoms. The lowest BCUT2D eigenvalue weighted by atomic mass is 9.88. The predicted octanol–water partition coefficient (Wildman–Crippen LogP) is 4.78. The minimum Gasteiger partial charge on any atom is -0.365 e. The first-order chi connectivity index (χ1) is 15.0. The number of barbiturate groups is 1. The molecule has 0 saturated carbocycles. The summed E-state index contributed by atoms with van der Waals surface area (Å²) in [5.74, 6) is -2.30. The summed E-state index contributed by atoms with van der Waals surface area (Å²) in [6.45, 7) is 5.99. The van der Waals surface area contributed by atoms with Crippen molar-refractivity contribution in [1.29, 1.82) is 0 Å². The molecule has 2 aromatic rings. The molecule has 0 atom stereocenters. The summed E-state index contributed by atoms with van der Waals surface area (Å²) < 4.78 is 15.1. The van der Waals surface area contributed by atoms with E-state index in [1.54, 1.807) is 6.07 Å². The zero-order valence-corrected chi connectivity index (χ0v) is 18.7. The summed E-state index contributed by atoms with van der Waals surface area (Å²) >= 11 is 5.88. The third-order valence-electron chi connectivity index (χ3n) is 5.82. The Morgan fingerprint density at radius 3 is 2.41 bits per heavy atom. The summed E-state index contributed by atoms with van der Waals surface area (Å²) in [5.41, 5.74) is 2.16. The largest absolute Gasteiger partial charge is 0.365 e. The normalized spacial score (nSPS) is 19.1. The Kier molecular flexibility index (Phi) is 5.17. The van der Waals surface area contributed by atoms with Crippen LogP contribution in [0.2, 0.25) is 5.02 Å². The number of imide groups is 2. The van der Waals surface area contributed by atoms with Gasteiger partial charge >= 0.3 is 6.03 Å². The van der Waals surface area contributed by atoms with Crippen LogP contribution in [-0.4, -0.2) is 30.4 Å². The highest BCUT2D eigenvalue weighted by Crippen LogP contribution is 2.39. The van der Waals surface area contributed by atoms with Crippen molar-refractivity contribution in [2.75, 3.05) is 16.8 Å². The van der Waals surface area contributed by atoms with Gasteiger partial charge < -0.3 is 4.90 Å². The predicted molar refractivity (Wildman–Crippen MR) is 123 cm³/mol. The van der Waals surface area contributed by atoms with Gasteiger partial charge in [-0.2, -0.15) is 0 Å². The van der Waals surface area contributed by atoms with Gasteiger partial charge in [-0.05, 0) is 68.8 Å². The van der Waals surface area contributed by atoms with Gasteiger partial charge in [-0.15, -0.1) is 0 Å². The van der Waals surface area contributed by atoms with Gasteiger partial charge in [-0.1, -0.05) is 17.7 Å². The van der Waals surface area contributed by atoms with Gasteiger partial charge in [0.15, 0.2) is 0 Å². The highest BCUT2D eigenvalue weighted by atomic mass is 35.5. The number of nitrogens with zero attached hydrogens (tertiary/aromatic N) is 2. The number of allylic oxidation sites excluding steroid dienone is 1. The Balaban J connectivity index is 1.78. The van der Waals surface area contributed by atoms with Crippen molar-refractivity contribution < 1.29 is 18.8 Å². The number of amides is 4. The SMILES string of the molecule is CC1=CC(C)(C)N(C)c2cc(F)c(/C=C3/C(=O)NC(=O)N(c4ccc(Cl)cc4)C3=O)cc21. The molecule has 0 radical (unpaired) electrons. The zero-order chi connectivity index (χ0) is 23.4. The van der Waals surface area contributed by atoms with E-state index in [9.17, 15) is 14.4 Å². The standard InChI is InChI=1S/C24H21ClFN3O3/c1-13-12-24(2,3)28(4)20-11-19(26)14(9-17(13)20)10-18-21(30)27-23(32)29(22(18)31)16-7-5-15(25)6-8-16/h5-12H,1-4H3,(H,27,30,32)/b18-10-. The molecule has 0 unspecified atom stereocenters. The fraction of sp³-hybridized carbons (Fsp3) is 0.208. The first-order valence-corrected chi connectivity index (χ1v) is 10.3. The van der Waals surface area contributed by atoms with Gasteiger partial charge in [-0.25, -0.2) is 14.1 Å². The summed E-state index contributed by atoms with van der Waals surface area (Å²) in [4.78, 5) is 40.6. The number of hydrogen-bond donors (Lipinski definition) is 1. The molecule has 4 amide bonds. The minimum absolute atomic E-state index is 0.0773. The zero-order valence-electron chi connectivity index (χ0n) is 18.0.